The van der Waals surface area contributed by atoms with Crippen LogP contribution in [0.5, 0.6) is 0 Å². The van der Waals surface area contributed by atoms with E-state index >= 15 is 0 Å². The highest BCUT2D eigenvalue weighted by Gasteiger charge is 2.21. The number of hydrogen-bond acceptors (Lipinski definition) is 4. The van der Waals surface area contributed by atoms with E-state index in [-0.39, 0.29) is 11.9 Å². The number of pyridine rings is 1. The molecule has 28 heavy (non-hydrogen) atoms. The van der Waals surface area contributed by atoms with Gasteiger partial charge in [0.1, 0.15) is 0 Å². The first kappa shape index (κ1) is 19.8. The molecule has 0 spiro atoms. The second kappa shape index (κ2) is 9.32. The van der Waals surface area contributed by atoms with Crippen LogP contribution >= 0.6 is 0 Å². The van der Waals surface area contributed by atoms with E-state index in [9.17, 15) is 9.59 Å². The fraction of sp³-hybridized carbons (Fsp3) is 0.381. The predicted molar refractivity (Wildman–Crippen MR) is 109 cm³/mol. The summed E-state index contributed by atoms with van der Waals surface area (Å²) >= 11 is 0. The van der Waals surface area contributed by atoms with E-state index in [2.05, 4.69) is 20.5 Å². The third-order valence-corrected chi connectivity index (χ3v) is 4.89. The van der Waals surface area contributed by atoms with Gasteiger partial charge in [0.25, 0.3) is 5.91 Å². The van der Waals surface area contributed by atoms with Crippen molar-refractivity contribution in [1.29, 1.82) is 0 Å². The predicted octanol–water partition coefficient (Wildman–Crippen LogP) is 2.49. The van der Waals surface area contributed by atoms with Gasteiger partial charge in [-0.15, -0.1) is 0 Å². The monoisotopic (exact) mass is 381 g/mol. The van der Waals surface area contributed by atoms with Gasteiger partial charge >= 0.3 is 6.03 Å². The van der Waals surface area contributed by atoms with Gasteiger partial charge < -0.3 is 15.5 Å². The van der Waals surface area contributed by atoms with Crippen LogP contribution in [-0.4, -0.2) is 59.4 Å². The standard InChI is InChI=1S/C21H27N5O2/c1-3-23-20(27)18-5-4-16(2)19(14-18)24-21(28)26-12-10-25(11-13-26)15-17-6-8-22-9-7-17/h4-9,14H,3,10-13,15H2,1-2H3,(H,23,27)(H,24,28). The smallest absolute Gasteiger partial charge is 0.321 e. The van der Waals surface area contributed by atoms with Crippen molar-refractivity contribution in [2.24, 2.45) is 0 Å². The van der Waals surface area contributed by atoms with Crippen molar-refractivity contribution < 1.29 is 9.59 Å². The zero-order chi connectivity index (χ0) is 19.9. The van der Waals surface area contributed by atoms with Crippen LogP contribution in [0.15, 0.2) is 42.7 Å². The van der Waals surface area contributed by atoms with E-state index in [1.54, 1.807) is 24.5 Å². The molecule has 0 atom stereocenters. The van der Waals surface area contributed by atoms with Crippen molar-refractivity contribution >= 4 is 17.6 Å². The Balaban J connectivity index is 1.56. The van der Waals surface area contributed by atoms with Gasteiger partial charge in [0.2, 0.25) is 0 Å². The van der Waals surface area contributed by atoms with Crippen molar-refractivity contribution in [2.45, 2.75) is 20.4 Å². The van der Waals surface area contributed by atoms with E-state index in [0.717, 1.165) is 25.2 Å². The van der Waals surface area contributed by atoms with Gasteiger partial charge in [-0.25, -0.2) is 4.79 Å². The molecule has 1 aromatic carbocycles. The highest BCUT2D eigenvalue weighted by Crippen LogP contribution is 2.18. The summed E-state index contributed by atoms with van der Waals surface area (Å²) in [6, 6.07) is 9.27. The van der Waals surface area contributed by atoms with Crippen molar-refractivity contribution in [1.82, 2.24) is 20.1 Å². The topological polar surface area (TPSA) is 77.6 Å². The summed E-state index contributed by atoms with van der Waals surface area (Å²) in [6.07, 6.45) is 3.60. The Labute approximate surface area is 165 Å². The number of carbonyl (C=O) groups excluding carboxylic acids is 2. The van der Waals surface area contributed by atoms with Crippen LogP contribution in [0.1, 0.15) is 28.4 Å². The minimum atomic E-state index is -0.136. The fourth-order valence-corrected chi connectivity index (χ4v) is 3.21. The summed E-state index contributed by atoms with van der Waals surface area (Å²) in [5, 5.41) is 5.74. The molecule has 1 aliphatic rings. The number of urea groups is 1. The molecule has 3 amide bonds. The molecule has 1 saturated heterocycles. The highest BCUT2D eigenvalue weighted by molar-refractivity contribution is 5.97. The average Bonchev–Trinajstić information content (AvgIpc) is 2.71. The molecule has 2 aromatic rings. The molecular formula is C21H27N5O2. The fourth-order valence-electron chi connectivity index (χ4n) is 3.21. The largest absolute Gasteiger partial charge is 0.352 e. The molecule has 2 heterocycles. The highest BCUT2D eigenvalue weighted by atomic mass is 16.2. The number of nitrogens with one attached hydrogen (secondary N) is 2. The number of rotatable bonds is 5. The average molecular weight is 381 g/mol. The molecule has 1 fully saturated rings. The third kappa shape index (κ3) is 5.07. The van der Waals surface area contributed by atoms with Crippen LogP contribution in [0.25, 0.3) is 0 Å². The van der Waals surface area contributed by atoms with E-state index in [0.29, 0.717) is 30.9 Å². The number of aromatic nitrogens is 1. The van der Waals surface area contributed by atoms with Crippen molar-refractivity contribution in [2.75, 3.05) is 38.0 Å². The number of anilines is 1. The van der Waals surface area contributed by atoms with Gasteiger partial charge in [0, 0.05) is 62.9 Å². The number of amides is 3. The quantitative estimate of drug-likeness (QED) is 0.834. The second-order valence-corrected chi connectivity index (χ2v) is 6.94. The molecule has 0 radical (unpaired) electrons. The molecule has 1 aliphatic heterocycles. The van der Waals surface area contributed by atoms with Crippen LogP contribution in [0.4, 0.5) is 10.5 Å². The van der Waals surface area contributed by atoms with Crippen molar-refractivity contribution in [3.05, 3.63) is 59.4 Å². The van der Waals surface area contributed by atoms with Crippen molar-refractivity contribution in [3.63, 3.8) is 0 Å². The van der Waals surface area contributed by atoms with Crippen LogP contribution in [0.2, 0.25) is 0 Å². The molecule has 2 N–H and O–H groups in total. The molecule has 0 bridgehead atoms. The zero-order valence-corrected chi connectivity index (χ0v) is 16.4. The molecule has 0 unspecified atom stereocenters. The minimum Gasteiger partial charge on any atom is -0.352 e. The molecule has 3 rings (SSSR count). The Morgan fingerprint density at radius 3 is 2.46 bits per heavy atom. The van der Waals surface area contributed by atoms with E-state index in [1.165, 1.54) is 5.56 Å². The molecular weight excluding hydrogens is 354 g/mol. The summed E-state index contributed by atoms with van der Waals surface area (Å²) < 4.78 is 0. The van der Waals surface area contributed by atoms with Gasteiger partial charge in [-0.05, 0) is 49.2 Å². The summed E-state index contributed by atoms with van der Waals surface area (Å²) in [6.45, 7) is 8.23. The molecule has 7 nitrogen and oxygen atoms in total. The lowest BCUT2D eigenvalue weighted by atomic mass is 10.1. The van der Waals surface area contributed by atoms with E-state index < -0.39 is 0 Å². The normalized spacial score (nSPS) is 14.6. The van der Waals surface area contributed by atoms with Crippen LogP contribution in [0.3, 0.4) is 0 Å². The Bertz CT molecular complexity index is 817. The van der Waals surface area contributed by atoms with E-state index in [1.807, 2.05) is 36.9 Å². The first-order chi connectivity index (χ1) is 13.6. The maximum Gasteiger partial charge on any atom is 0.321 e. The lowest BCUT2D eigenvalue weighted by Gasteiger charge is -2.34. The second-order valence-electron chi connectivity index (χ2n) is 6.94. The minimum absolute atomic E-state index is 0.125. The lowest BCUT2D eigenvalue weighted by Crippen LogP contribution is -2.49. The first-order valence-electron chi connectivity index (χ1n) is 9.63. The van der Waals surface area contributed by atoms with Gasteiger partial charge in [-0.2, -0.15) is 0 Å². The van der Waals surface area contributed by atoms with Crippen LogP contribution in [0, 0.1) is 6.92 Å². The Hall–Kier alpha value is -2.93. The molecule has 148 valence electrons. The summed E-state index contributed by atoms with van der Waals surface area (Å²) in [4.78, 5) is 32.9. The number of nitrogens with zero attached hydrogens (tertiary/aromatic N) is 3. The third-order valence-electron chi connectivity index (χ3n) is 4.89. The Morgan fingerprint density at radius 2 is 1.79 bits per heavy atom. The maximum atomic E-state index is 12.7. The summed E-state index contributed by atoms with van der Waals surface area (Å²) in [5.41, 5.74) is 3.38. The zero-order valence-electron chi connectivity index (χ0n) is 16.4. The maximum absolute atomic E-state index is 12.7. The number of piperazine rings is 1. The molecule has 7 heteroatoms. The van der Waals surface area contributed by atoms with Gasteiger partial charge in [-0.3, -0.25) is 14.7 Å². The van der Waals surface area contributed by atoms with Crippen LogP contribution in [-0.2, 0) is 6.54 Å². The Kier molecular flexibility index (Phi) is 6.60. The number of carbonyl (C=O) groups is 2. The first-order valence-corrected chi connectivity index (χ1v) is 9.63. The van der Waals surface area contributed by atoms with Gasteiger partial charge in [-0.1, -0.05) is 6.07 Å². The number of aryl methyl sites for hydroxylation is 1. The van der Waals surface area contributed by atoms with E-state index in [4.69, 9.17) is 0 Å². The number of hydrogen-bond donors (Lipinski definition) is 2. The molecule has 1 aromatic heterocycles. The molecule has 0 aliphatic carbocycles. The lowest BCUT2D eigenvalue weighted by molar-refractivity contribution is 0.0955. The Morgan fingerprint density at radius 1 is 1.07 bits per heavy atom. The van der Waals surface area contributed by atoms with Crippen molar-refractivity contribution in [3.8, 4) is 0 Å². The van der Waals surface area contributed by atoms with Gasteiger partial charge in [0.15, 0.2) is 0 Å². The molecule has 0 saturated carbocycles. The summed E-state index contributed by atoms with van der Waals surface area (Å²) in [5.74, 6) is -0.136. The van der Waals surface area contributed by atoms with Gasteiger partial charge in [0.05, 0.1) is 0 Å². The SMILES string of the molecule is CCNC(=O)c1ccc(C)c(NC(=O)N2CCN(Cc3ccncc3)CC2)c1. The number of benzene rings is 1. The van der Waals surface area contributed by atoms with Crippen LogP contribution < -0.4 is 10.6 Å². The summed E-state index contributed by atoms with van der Waals surface area (Å²) in [7, 11) is 0.